The van der Waals surface area contributed by atoms with Crippen LogP contribution in [-0.2, 0) is 0 Å². The van der Waals surface area contributed by atoms with Crippen molar-refractivity contribution in [2.45, 2.75) is 13.3 Å². The molecule has 98 valence electrons. The summed E-state index contributed by atoms with van der Waals surface area (Å²) in [5.74, 6) is 1.05. The Hall–Kier alpha value is -1.32. The number of hydrogen-bond acceptors (Lipinski definition) is 3. The summed E-state index contributed by atoms with van der Waals surface area (Å²) in [5.41, 5.74) is 2.68. The zero-order chi connectivity index (χ0) is 12.8. The molecular formula is C15H21NO2. The molecule has 1 aromatic rings. The van der Waals surface area contributed by atoms with Crippen LogP contribution < -0.4 is 10.1 Å². The molecule has 1 heterocycles. The van der Waals surface area contributed by atoms with Crippen LogP contribution in [-0.4, -0.2) is 31.4 Å². The molecule has 1 unspecified atom stereocenters. The number of nitrogens with one attached hydrogen (secondary N) is 1. The highest BCUT2D eigenvalue weighted by Gasteiger charge is 2.06. The lowest BCUT2D eigenvalue weighted by Gasteiger charge is -2.15. The maximum atomic E-state index is 8.93. The van der Waals surface area contributed by atoms with Crippen LogP contribution >= 0.6 is 0 Å². The molecule has 1 aliphatic heterocycles. The molecule has 3 heteroatoms. The smallest absolute Gasteiger partial charge is 0.119 e. The molecular weight excluding hydrogens is 226 g/mol. The molecule has 0 aliphatic carbocycles. The average molecular weight is 247 g/mol. The number of aliphatic hydroxyl groups excluding tert-OH is 1. The van der Waals surface area contributed by atoms with Gasteiger partial charge in [0.1, 0.15) is 5.75 Å². The summed E-state index contributed by atoms with van der Waals surface area (Å²) in [6.07, 6.45) is 3.33. The summed E-state index contributed by atoms with van der Waals surface area (Å²) >= 11 is 0. The number of aliphatic hydroxyl groups is 1. The topological polar surface area (TPSA) is 41.5 Å². The minimum Gasteiger partial charge on any atom is -0.493 e. The predicted molar refractivity (Wildman–Crippen MR) is 73.7 cm³/mol. The van der Waals surface area contributed by atoms with Crippen LogP contribution in [0.25, 0.3) is 5.57 Å². The van der Waals surface area contributed by atoms with Gasteiger partial charge in [-0.2, -0.15) is 0 Å². The molecule has 0 spiro atoms. The molecule has 0 bridgehead atoms. The number of rotatable bonds is 5. The molecule has 1 atom stereocenters. The van der Waals surface area contributed by atoms with Gasteiger partial charge in [-0.1, -0.05) is 25.1 Å². The molecule has 18 heavy (non-hydrogen) atoms. The SMILES string of the molecule is CC(CO)COc1ccc(C2=CCNCC2)cc1. The number of hydrogen-bond donors (Lipinski definition) is 2. The third-order valence-electron chi connectivity index (χ3n) is 3.14. The van der Waals surface area contributed by atoms with Gasteiger partial charge in [-0.15, -0.1) is 0 Å². The van der Waals surface area contributed by atoms with E-state index in [4.69, 9.17) is 9.84 Å². The van der Waals surface area contributed by atoms with Gasteiger partial charge in [0.25, 0.3) is 0 Å². The summed E-state index contributed by atoms with van der Waals surface area (Å²) in [4.78, 5) is 0. The van der Waals surface area contributed by atoms with Gasteiger partial charge in [-0.25, -0.2) is 0 Å². The molecule has 0 saturated carbocycles. The van der Waals surface area contributed by atoms with E-state index in [9.17, 15) is 0 Å². The van der Waals surface area contributed by atoms with E-state index in [1.54, 1.807) is 0 Å². The van der Waals surface area contributed by atoms with Crippen molar-refractivity contribution in [3.05, 3.63) is 35.9 Å². The van der Waals surface area contributed by atoms with Gasteiger partial charge < -0.3 is 15.2 Å². The molecule has 0 aromatic heterocycles. The molecule has 0 saturated heterocycles. The third-order valence-corrected chi connectivity index (χ3v) is 3.14. The normalized spacial score (nSPS) is 17.1. The lowest BCUT2D eigenvalue weighted by molar-refractivity contribution is 0.174. The highest BCUT2D eigenvalue weighted by Crippen LogP contribution is 2.22. The van der Waals surface area contributed by atoms with Gasteiger partial charge in [0.2, 0.25) is 0 Å². The molecule has 1 aromatic carbocycles. The Morgan fingerprint density at radius 2 is 2.11 bits per heavy atom. The predicted octanol–water partition coefficient (Wildman–Crippen LogP) is 2.07. The molecule has 2 rings (SSSR count). The Balaban J connectivity index is 1.95. The first-order valence-corrected chi connectivity index (χ1v) is 6.53. The first-order valence-electron chi connectivity index (χ1n) is 6.53. The van der Waals surface area contributed by atoms with Crippen molar-refractivity contribution >= 4 is 5.57 Å². The Labute approximate surface area is 108 Å². The van der Waals surface area contributed by atoms with Crippen LogP contribution in [0.1, 0.15) is 18.9 Å². The minimum absolute atomic E-state index is 0.165. The highest BCUT2D eigenvalue weighted by molar-refractivity contribution is 5.67. The molecule has 0 fully saturated rings. The van der Waals surface area contributed by atoms with E-state index in [1.807, 2.05) is 19.1 Å². The van der Waals surface area contributed by atoms with E-state index < -0.39 is 0 Å². The Bertz CT molecular complexity index is 397. The van der Waals surface area contributed by atoms with Crippen LogP contribution in [0.15, 0.2) is 30.3 Å². The van der Waals surface area contributed by atoms with Crippen molar-refractivity contribution in [1.82, 2.24) is 5.32 Å². The maximum absolute atomic E-state index is 8.93. The molecule has 1 aliphatic rings. The second kappa shape index (κ2) is 6.57. The first-order chi connectivity index (χ1) is 8.79. The monoisotopic (exact) mass is 247 g/mol. The second-order valence-corrected chi connectivity index (χ2v) is 4.81. The van der Waals surface area contributed by atoms with Crippen molar-refractivity contribution in [2.75, 3.05) is 26.3 Å². The van der Waals surface area contributed by atoms with Crippen LogP contribution in [0, 0.1) is 5.92 Å². The van der Waals surface area contributed by atoms with E-state index in [0.717, 1.165) is 25.3 Å². The maximum Gasteiger partial charge on any atom is 0.119 e. The Kier molecular flexibility index (Phi) is 4.79. The average Bonchev–Trinajstić information content (AvgIpc) is 2.46. The number of benzene rings is 1. The van der Waals surface area contributed by atoms with Crippen molar-refractivity contribution in [1.29, 1.82) is 0 Å². The minimum atomic E-state index is 0.165. The van der Waals surface area contributed by atoms with Crippen LogP contribution in [0.5, 0.6) is 5.75 Å². The van der Waals surface area contributed by atoms with Gasteiger partial charge >= 0.3 is 0 Å². The second-order valence-electron chi connectivity index (χ2n) is 4.81. The van der Waals surface area contributed by atoms with Crippen molar-refractivity contribution < 1.29 is 9.84 Å². The molecule has 0 amide bonds. The van der Waals surface area contributed by atoms with Gasteiger partial charge in [-0.3, -0.25) is 0 Å². The van der Waals surface area contributed by atoms with Crippen molar-refractivity contribution in [3.63, 3.8) is 0 Å². The zero-order valence-electron chi connectivity index (χ0n) is 10.9. The first kappa shape index (κ1) is 13.1. The molecule has 3 nitrogen and oxygen atoms in total. The summed E-state index contributed by atoms with van der Waals surface area (Å²) < 4.78 is 5.61. The summed E-state index contributed by atoms with van der Waals surface area (Å²) in [6, 6.07) is 8.22. The van der Waals surface area contributed by atoms with Crippen LogP contribution in [0.4, 0.5) is 0 Å². The molecule has 0 radical (unpaired) electrons. The fourth-order valence-corrected chi connectivity index (χ4v) is 1.94. The Morgan fingerprint density at radius 1 is 1.33 bits per heavy atom. The quantitative estimate of drug-likeness (QED) is 0.837. The van der Waals surface area contributed by atoms with Crippen LogP contribution in [0.3, 0.4) is 0 Å². The van der Waals surface area contributed by atoms with Crippen LogP contribution in [0.2, 0.25) is 0 Å². The van der Waals surface area contributed by atoms with Crippen molar-refractivity contribution in [2.24, 2.45) is 5.92 Å². The summed E-state index contributed by atoms with van der Waals surface area (Å²) in [5, 5.41) is 12.2. The third kappa shape index (κ3) is 3.59. The van der Waals surface area contributed by atoms with E-state index in [2.05, 4.69) is 23.5 Å². The highest BCUT2D eigenvalue weighted by atomic mass is 16.5. The number of ether oxygens (including phenoxy) is 1. The lowest BCUT2D eigenvalue weighted by Crippen LogP contribution is -2.19. The van der Waals surface area contributed by atoms with E-state index in [1.165, 1.54) is 11.1 Å². The lowest BCUT2D eigenvalue weighted by atomic mass is 10.0. The van der Waals surface area contributed by atoms with Gasteiger partial charge in [-0.05, 0) is 36.2 Å². The van der Waals surface area contributed by atoms with Gasteiger partial charge in [0, 0.05) is 19.1 Å². The van der Waals surface area contributed by atoms with E-state index in [-0.39, 0.29) is 12.5 Å². The summed E-state index contributed by atoms with van der Waals surface area (Å²) in [7, 11) is 0. The zero-order valence-corrected chi connectivity index (χ0v) is 10.9. The fourth-order valence-electron chi connectivity index (χ4n) is 1.94. The van der Waals surface area contributed by atoms with E-state index >= 15 is 0 Å². The van der Waals surface area contributed by atoms with Gasteiger partial charge in [0.15, 0.2) is 0 Å². The molecule has 2 N–H and O–H groups in total. The fraction of sp³-hybridized carbons (Fsp3) is 0.467. The van der Waals surface area contributed by atoms with Gasteiger partial charge in [0.05, 0.1) is 6.61 Å². The summed E-state index contributed by atoms with van der Waals surface area (Å²) in [6.45, 7) is 4.70. The largest absolute Gasteiger partial charge is 0.493 e. The standard InChI is InChI=1S/C15H21NO2/c1-12(10-17)11-18-15-4-2-13(3-5-15)14-6-8-16-9-7-14/h2-6,12,16-17H,7-11H2,1H3. The van der Waals surface area contributed by atoms with E-state index in [0.29, 0.717) is 6.61 Å². The Morgan fingerprint density at radius 3 is 2.72 bits per heavy atom. The van der Waals surface area contributed by atoms with Crippen molar-refractivity contribution in [3.8, 4) is 5.75 Å².